The second-order valence-corrected chi connectivity index (χ2v) is 3.62. The van der Waals surface area contributed by atoms with Gasteiger partial charge in [-0.15, -0.1) is 0 Å². The van der Waals surface area contributed by atoms with Gasteiger partial charge in [0.05, 0.1) is 25.9 Å². The van der Waals surface area contributed by atoms with Gasteiger partial charge in [-0.2, -0.15) is 0 Å². The van der Waals surface area contributed by atoms with Crippen LogP contribution in [0.2, 0.25) is 0 Å². The van der Waals surface area contributed by atoms with Crippen LogP contribution >= 0.6 is 0 Å². The third kappa shape index (κ3) is 4.59. The third-order valence-electron chi connectivity index (χ3n) is 2.24. The first kappa shape index (κ1) is 12.4. The van der Waals surface area contributed by atoms with Gasteiger partial charge in [0.1, 0.15) is 0 Å². The Hall–Kier alpha value is -0.650. The molecule has 0 saturated carbocycles. The van der Waals surface area contributed by atoms with Gasteiger partial charge in [-0.3, -0.25) is 4.79 Å². The topological polar surface area (TPSA) is 67.8 Å². The molecule has 0 spiro atoms. The maximum atomic E-state index is 11.5. The lowest BCUT2D eigenvalue weighted by atomic mass is 10.2. The van der Waals surface area contributed by atoms with Crippen molar-refractivity contribution in [3.63, 3.8) is 0 Å². The van der Waals surface area contributed by atoms with E-state index in [1.807, 2.05) is 6.92 Å². The Morgan fingerprint density at radius 1 is 1.60 bits per heavy atom. The average molecular weight is 217 g/mol. The molecule has 2 unspecified atom stereocenters. The van der Waals surface area contributed by atoms with Gasteiger partial charge in [0, 0.05) is 6.54 Å². The van der Waals surface area contributed by atoms with Gasteiger partial charge >= 0.3 is 0 Å². The lowest BCUT2D eigenvalue weighted by Gasteiger charge is -2.22. The van der Waals surface area contributed by atoms with Crippen molar-refractivity contribution in [2.24, 2.45) is 0 Å². The van der Waals surface area contributed by atoms with Crippen LogP contribution in [0.4, 0.5) is 0 Å². The van der Waals surface area contributed by atoms with Crippen molar-refractivity contribution < 1.29 is 19.4 Å². The molecule has 1 fully saturated rings. The van der Waals surface area contributed by atoms with E-state index in [1.54, 1.807) is 0 Å². The van der Waals surface area contributed by atoms with E-state index in [2.05, 4.69) is 5.32 Å². The fourth-order valence-corrected chi connectivity index (χ4v) is 1.41. The SMILES string of the molecule is CCCC(O)CNC(=O)C1COCCO1. The summed E-state index contributed by atoms with van der Waals surface area (Å²) in [7, 11) is 0. The summed E-state index contributed by atoms with van der Waals surface area (Å²) in [5.74, 6) is -0.204. The first-order valence-corrected chi connectivity index (χ1v) is 5.39. The molecular weight excluding hydrogens is 198 g/mol. The fourth-order valence-electron chi connectivity index (χ4n) is 1.41. The van der Waals surface area contributed by atoms with Gasteiger partial charge in [0.2, 0.25) is 0 Å². The molecule has 0 aromatic carbocycles. The smallest absolute Gasteiger partial charge is 0.251 e. The maximum Gasteiger partial charge on any atom is 0.251 e. The minimum atomic E-state index is -0.521. The highest BCUT2D eigenvalue weighted by atomic mass is 16.6. The van der Waals surface area contributed by atoms with Gasteiger partial charge in [0.15, 0.2) is 6.10 Å². The van der Waals surface area contributed by atoms with Crippen LogP contribution in [0, 0.1) is 0 Å². The van der Waals surface area contributed by atoms with E-state index in [0.29, 0.717) is 26.2 Å². The molecule has 5 nitrogen and oxygen atoms in total. The van der Waals surface area contributed by atoms with Crippen LogP contribution < -0.4 is 5.32 Å². The van der Waals surface area contributed by atoms with E-state index < -0.39 is 12.2 Å². The number of nitrogens with one attached hydrogen (secondary N) is 1. The van der Waals surface area contributed by atoms with Gasteiger partial charge in [-0.1, -0.05) is 13.3 Å². The van der Waals surface area contributed by atoms with Crippen LogP contribution in [0.5, 0.6) is 0 Å². The van der Waals surface area contributed by atoms with Gasteiger partial charge in [0.25, 0.3) is 5.91 Å². The van der Waals surface area contributed by atoms with Crippen molar-refractivity contribution in [3.05, 3.63) is 0 Å². The molecule has 0 radical (unpaired) electrons. The Labute approximate surface area is 89.8 Å². The van der Waals surface area contributed by atoms with Crippen LogP contribution in [0.3, 0.4) is 0 Å². The molecule has 0 bridgehead atoms. The van der Waals surface area contributed by atoms with Crippen molar-refractivity contribution in [1.82, 2.24) is 5.32 Å². The summed E-state index contributed by atoms with van der Waals surface area (Å²) in [6.45, 7) is 3.57. The second-order valence-electron chi connectivity index (χ2n) is 3.62. The molecule has 5 heteroatoms. The molecule has 0 aromatic rings. The number of amides is 1. The zero-order chi connectivity index (χ0) is 11.1. The van der Waals surface area contributed by atoms with Crippen LogP contribution in [-0.2, 0) is 14.3 Å². The van der Waals surface area contributed by atoms with Crippen molar-refractivity contribution in [1.29, 1.82) is 0 Å². The van der Waals surface area contributed by atoms with Crippen LogP contribution in [-0.4, -0.2) is 49.6 Å². The molecule has 1 aliphatic heterocycles. The Morgan fingerprint density at radius 2 is 2.40 bits per heavy atom. The first-order valence-electron chi connectivity index (χ1n) is 5.39. The van der Waals surface area contributed by atoms with Crippen molar-refractivity contribution in [2.75, 3.05) is 26.4 Å². The normalized spacial score (nSPS) is 23.5. The summed E-state index contributed by atoms with van der Waals surface area (Å²) in [4.78, 5) is 11.5. The molecule has 2 atom stereocenters. The first-order chi connectivity index (χ1) is 7.24. The van der Waals surface area contributed by atoms with Crippen LogP contribution in [0.1, 0.15) is 19.8 Å². The number of carbonyl (C=O) groups excluding carboxylic acids is 1. The summed E-state index contributed by atoms with van der Waals surface area (Å²) in [6, 6.07) is 0. The molecule has 1 rings (SSSR count). The zero-order valence-electron chi connectivity index (χ0n) is 9.07. The molecule has 1 aliphatic rings. The zero-order valence-corrected chi connectivity index (χ0v) is 9.07. The minimum Gasteiger partial charge on any atom is -0.391 e. The van der Waals surface area contributed by atoms with Crippen LogP contribution in [0.15, 0.2) is 0 Å². The molecule has 1 amide bonds. The Morgan fingerprint density at radius 3 is 3.00 bits per heavy atom. The monoisotopic (exact) mass is 217 g/mol. The number of aliphatic hydroxyl groups is 1. The van der Waals surface area contributed by atoms with E-state index in [1.165, 1.54) is 0 Å². The maximum absolute atomic E-state index is 11.5. The average Bonchev–Trinajstić information content (AvgIpc) is 2.27. The van der Waals surface area contributed by atoms with Gasteiger partial charge < -0.3 is 19.9 Å². The lowest BCUT2D eigenvalue weighted by Crippen LogP contribution is -2.44. The predicted molar refractivity (Wildman–Crippen MR) is 54.5 cm³/mol. The quantitative estimate of drug-likeness (QED) is 0.662. The third-order valence-corrected chi connectivity index (χ3v) is 2.24. The second kappa shape index (κ2) is 6.76. The van der Waals surface area contributed by atoms with E-state index >= 15 is 0 Å². The van der Waals surface area contributed by atoms with E-state index in [9.17, 15) is 9.90 Å². The molecule has 0 aliphatic carbocycles. The number of hydrogen-bond acceptors (Lipinski definition) is 4. The molecule has 2 N–H and O–H groups in total. The van der Waals surface area contributed by atoms with Crippen molar-refractivity contribution in [2.45, 2.75) is 32.0 Å². The van der Waals surface area contributed by atoms with Crippen molar-refractivity contribution >= 4 is 5.91 Å². The summed E-state index contributed by atoms with van der Waals surface area (Å²) < 4.78 is 10.3. The fraction of sp³-hybridized carbons (Fsp3) is 0.900. The Bertz CT molecular complexity index is 192. The highest BCUT2D eigenvalue weighted by Crippen LogP contribution is 2.01. The summed E-state index contributed by atoms with van der Waals surface area (Å²) in [5.41, 5.74) is 0. The lowest BCUT2D eigenvalue weighted by molar-refractivity contribution is -0.147. The number of ether oxygens (including phenoxy) is 2. The molecular formula is C10H19NO4. The van der Waals surface area contributed by atoms with E-state index in [4.69, 9.17) is 9.47 Å². The standard InChI is InChI=1S/C10H19NO4/c1-2-3-8(12)6-11-10(13)9-7-14-4-5-15-9/h8-9,12H,2-7H2,1H3,(H,11,13). The van der Waals surface area contributed by atoms with E-state index in [0.717, 1.165) is 6.42 Å². The highest BCUT2D eigenvalue weighted by molar-refractivity contribution is 5.80. The van der Waals surface area contributed by atoms with Crippen molar-refractivity contribution in [3.8, 4) is 0 Å². The molecule has 88 valence electrons. The Balaban J connectivity index is 2.16. The number of hydrogen-bond donors (Lipinski definition) is 2. The Kier molecular flexibility index (Phi) is 5.60. The minimum absolute atomic E-state index is 0.204. The molecule has 0 aromatic heterocycles. The predicted octanol–water partition coefficient (Wildman–Crippen LogP) is -0.321. The summed E-state index contributed by atoms with van der Waals surface area (Å²) in [5, 5.41) is 12.1. The number of carbonyl (C=O) groups is 1. The largest absolute Gasteiger partial charge is 0.391 e. The van der Waals surface area contributed by atoms with Gasteiger partial charge in [-0.25, -0.2) is 0 Å². The highest BCUT2D eigenvalue weighted by Gasteiger charge is 2.22. The number of aliphatic hydroxyl groups excluding tert-OH is 1. The van der Waals surface area contributed by atoms with Crippen LogP contribution in [0.25, 0.3) is 0 Å². The van der Waals surface area contributed by atoms with Gasteiger partial charge in [-0.05, 0) is 6.42 Å². The molecule has 15 heavy (non-hydrogen) atoms. The summed E-state index contributed by atoms with van der Waals surface area (Å²) >= 11 is 0. The summed E-state index contributed by atoms with van der Waals surface area (Å²) in [6.07, 6.45) is 0.610. The van der Waals surface area contributed by atoms with E-state index in [-0.39, 0.29) is 12.5 Å². The number of rotatable bonds is 5. The molecule has 1 heterocycles. The molecule has 1 saturated heterocycles.